The highest BCUT2D eigenvalue weighted by atomic mass is 32.2. The third-order valence-electron chi connectivity index (χ3n) is 6.30. The summed E-state index contributed by atoms with van der Waals surface area (Å²) in [5.74, 6) is 0.266. The third-order valence-corrected chi connectivity index (χ3v) is 7.28. The highest BCUT2D eigenvalue weighted by molar-refractivity contribution is 7.99. The number of morpholine rings is 1. The predicted octanol–water partition coefficient (Wildman–Crippen LogP) is 3.70. The van der Waals surface area contributed by atoms with E-state index in [-0.39, 0.29) is 17.1 Å². The van der Waals surface area contributed by atoms with E-state index < -0.39 is 0 Å². The first-order valence-corrected chi connectivity index (χ1v) is 12.7. The molecular formula is C26H32N4O3S. The van der Waals surface area contributed by atoms with Crippen molar-refractivity contribution in [1.29, 1.82) is 0 Å². The Morgan fingerprint density at radius 1 is 1.18 bits per heavy atom. The van der Waals surface area contributed by atoms with Gasteiger partial charge in [0.05, 0.1) is 29.9 Å². The molecule has 1 aliphatic heterocycles. The van der Waals surface area contributed by atoms with Crippen molar-refractivity contribution in [3.05, 3.63) is 70.3 Å². The zero-order valence-electron chi connectivity index (χ0n) is 20.0. The van der Waals surface area contributed by atoms with Crippen LogP contribution in [0.3, 0.4) is 0 Å². The van der Waals surface area contributed by atoms with Gasteiger partial charge in [0.15, 0.2) is 10.9 Å². The van der Waals surface area contributed by atoms with E-state index in [1.54, 1.807) is 4.57 Å². The van der Waals surface area contributed by atoms with E-state index in [0.717, 1.165) is 50.7 Å². The molecule has 0 aliphatic carbocycles. The molecule has 3 heterocycles. The van der Waals surface area contributed by atoms with Gasteiger partial charge in [-0.15, -0.1) is 6.58 Å². The molecule has 0 amide bonds. The molecule has 0 atom stereocenters. The van der Waals surface area contributed by atoms with E-state index in [2.05, 4.69) is 16.0 Å². The number of Topliss-reactive ketones (excluding diaryl/α,β-unsaturated/α-hetero) is 1. The fourth-order valence-electron chi connectivity index (χ4n) is 4.43. The number of fused-ring (bicyclic) bond motifs is 1. The molecule has 4 rings (SSSR count). The molecule has 3 aromatic rings. The molecule has 0 bridgehead atoms. The Bertz CT molecular complexity index is 1240. The maximum atomic E-state index is 13.3. The molecular weight excluding hydrogens is 448 g/mol. The lowest BCUT2D eigenvalue weighted by atomic mass is 10.2. The second-order valence-corrected chi connectivity index (χ2v) is 9.51. The fourth-order valence-corrected chi connectivity index (χ4v) is 5.34. The summed E-state index contributed by atoms with van der Waals surface area (Å²) in [7, 11) is 0. The number of para-hydroxylation sites is 1. The van der Waals surface area contributed by atoms with Crippen LogP contribution in [-0.2, 0) is 17.8 Å². The molecule has 2 aromatic heterocycles. The molecule has 7 nitrogen and oxygen atoms in total. The van der Waals surface area contributed by atoms with E-state index in [9.17, 15) is 9.59 Å². The zero-order chi connectivity index (χ0) is 24.1. The number of rotatable bonds is 10. The number of carbonyl (C=O) groups excluding carboxylic acids is 1. The first-order chi connectivity index (χ1) is 16.5. The second-order valence-electron chi connectivity index (χ2n) is 8.57. The Kier molecular flexibility index (Phi) is 8.03. The van der Waals surface area contributed by atoms with Crippen LogP contribution in [0, 0.1) is 13.8 Å². The van der Waals surface area contributed by atoms with Crippen LogP contribution in [-0.4, -0.2) is 63.4 Å². The summed E-state index contributed by atoms with van der Waals surface area (Å²) in [5.41, 5.74) is 3.31. The van der Waals surface area contributed by atoms with Crippen molar-refractivity contribution >= 4 is 28.4 Å². The van der Waals surface area contributed by atoms with Crippen molar-refractivity contribution in [3.8, 4) is 0 Å². The van der Waals surface area contributed by atoms with Gasteiger partial charge in [0.2, 0.25) is 0 Å². The van der Waals surface area contributed by atoms with Gasteiger partial charge in [-0.25, -0.2) is 4.98 Å². The lowest BCUT2D eigenvalue weighted by molar-refractivity contribution is 0.0368. The van der Waals surface area contributed by atoms with Crippen molar-refractivity contribution < 1.29 is 9.53 Å². The molecule has 1 aliphatic rings. The first kappa shape index (κ1) is 24.4. The highest BCUT2D eigenvalue weighted by Gasteiger charge is 2.18. The lowest BCUT2D eigenvalue weighted by Gasteiger charge is -2.26. The van der Waals surface area contributed by atoms with Gasteiger partial charge in [0, 0.05) is 49.7 Å². The summed E-state index contributed by atoms with van der Waals surface area (Å²) in [6.07, 6.45) is 2.67. The molecule has 8 heteroatoms. The van der Waals surface area contributed by atoms with Crippen LogP contribution in [0.1, 0.15) is 28.2 Å². The van der Waals surface area contributed by atoms with Gasteiger partial charge in [-0.05, 0) is 38.5 Å². The molecule has 180 valence electrons. The number of ether oxygens (including phenoxy) is 1. The normalized spacial score (nSPS) is 14.5. The highest BCUT2D eigenvalue weighted by Crippen LogP contribution is 2.22. The molecule has 0 N–H and O–H groups in total. The molecule has 1 fully saturated rings. The molecule has 1 saturated heterocycles. The summed E-state index contributed by atoms with van der Waals surface area (Å²) >= 11 is 1.34. The van der Waals surface area contributed by atoms with Crippen molar-refractivity contribution in [2.75, 3.05) is 38.6 Å². The van der Waals surface area contributed by atoms with Gasteiger partial charge in [-0.1, -0.05) is 30.0 Å². The van der Waals surface area contributed by atoms with Gasteiger partial charge < -0.3 is 9.30 Å². The minimum atomic E-state index is -0.0494. The molecule has 0 radical (unpaired) electrons. The second kappa shape index (κ2) is 11.2. The average molecular weight is 481 g/mol. The number of aryl methyl sites for hydroxylation is 1. The molecule has 0 saturated carbocycles. The number of ketones is 1. The summed E-state index contributed by atoms with van der Waals surface area (Å²) in [6.45, 7) is 13.3. The Hall–Kier alpha value is -2.68. The van der Waals surface area contributed by atoms with Crippen LogP contribution in [0.5, 0.6) is 0 Å². The number of hydrogen-bond donors (Lipinski definition) is 0. The topological polar surface area (TPSA) is 69.4 Å². The quantitative estimate of drug-likeness (QED) is 0.191. The third kappa shape index (κ3) is 5.35. The van der Waals surface area contributed by atoms with Crippen molar-refractivity contribution in [2.24, 2.45) is 0 Å². The molecule has 34 heavy (non-hydrogen) atoms. The van der Waals surface area contributed by atoms with Gasteiger partial charge in [-0.3, -0.25) is 19.1 Å². The maximum absolute atomic E-state index is 13.3. The fraction of sp³-hybridized carbons (Fsp3) is 0.423. The SMILES string of the molecule is C=CCn1c(C)cc(C(=O)CSc2nc3ccccc3c(=O)n2CCCN2CCOCC2)c1C. The monoisotopic (exact) mass is 480 g/mol. The lowest BCUT2D eigenvalue weighted by Crippen LogP contribution is -2.37. The van der Waals surface area contributed by atoms with Crippen LogP contribution in [0.4, 0.5) is 0 Å². The maximum Gasteiger partial charge on any atom is 0.262 e. The molecule has 1 aromatic carbocycles. The van der Waals surface area contributed by atoms with Crippen molar-refractivity contribution in [2.45, 2.75) is 38.5 Å². The van der Waals surface area contributed by atoms with Gasteiger partial charge in [0.25, 0.3) is 5.56 Å². The Morgan fingerprint density at radius 2 is 1.94 bits per heavy atom. The van der Waals surface area contributed by atoms with Crippen LogP contribution in [0.2, 0.25) is 0 Å². The number of carbonyl (C=O) groups is 1. The number of aromatic nitrogens is 3. The van der Waals surface area contributed by atoms with Crippen LogP contribution in [0.25, 0.3) is 10.9 Å². The predicted molar refractivity (Wildman–Crippen MR) is 137 cm³/mol. The smallest absolute Gasteiger partial charge is 0.262 e. The summed E-state index contributed by atoms with van der Waals surface area (Å²) in [6, 6.07) is 9.34. The van der Waals surface area contributed by atoms with E-state index in [4.69, 9.17) is 9.72 Å². The first-order valence-electron chi connectivity index (χ1n) is 11.7. The van der Waals surface area contributed by atoms with Gasteiger partial charge in [-0.2, -0.15) is 0 Å². The molecule has 0 unspecified atom stereocenters. The number of nitrogens with zero attached hydrogens (tertiary/aromatic N) is 4. The van der Waals surface area contributed by atoms with Crippen molar-refractivity contribution in [1.82, 2.24) is 19.0 Å². The minimum absolute atomic E-state index is 0.0377. The molecule has 0 spiro atoms. The summed E-state index contributed by atoms with van der Waals surface area (Å²) < 4.78 is 9.25. The zero-order valence-corrected chi connectivity index (χ0v) is 20.8. The number of hydrogen-bond acceptors (Lipinski definition) is 6. The average Bonchev–Trinajstić information content (AvgIpc) is 3.13. The summed E-state index contributed by atoms with van der Waals surface area (Å²) in [4.78, 5) is 33.5. The number of thioether (sulfide) groups is 1. The Morgan fingerprint density at radius 3 is 2.71 bits per heavy atom. The van der Waals surface area contributed by atoms with E-state index in [1.807, 2.05) is 50.3 Å². The van der Waals surface area contributed by atoms with Crippen LogP contribution < -0.4 is 5.56 Å². The standard InChI is InChI=1S/C26H32N4O3S/c1-4-10-29-19(2)17-22(20(29)3)24(31)18-34-26-27-23-9-6-5-8-21(23)25(32)30(26)12-7-11-28-13-15-33-16-14-28/h4-6,8-9,17H,1,7,10-16,18H2,2-3H3. The van der Waals surface area contributed by atoms with E-state index in [0.29, 0.717) is 34.7 Å². The summed E-state index contributed by atoms with van der Waals surface area (Å²) in [5, 5.41) is 1.21. The van der Waals surface area contributed by atoms with Crippen LogP contribution >= 0.6 is 11.8 Å². The Balaban J connectivity index is 1.54. The number of benzene rings is 1. The van der Waals surface area contributed by atoms with E-state index in [1.165, 1.54) is 11.8 Å². The minimum Gasteiger partial charge on any atom is -0.379 e. The number of allylic oxidation sites excluding steroid dienone is 1. The van der Waals surface area contributed by atoms with Crippen LogP contribution in [0.15, 0.2) is 52.9 Å². The van der Waals surface area contributed by atoms with Gasteiger partial charge >= 0.3 is 0 Å². The Labute approximate surface area is 204 Å². The van der Waals surface area contributed by atoms with Crippen molar-refractivity contribution in [3.63, 3.8) is 0 Å². The van der Waals surface area contributed by atoms with E-state index >= 15 is 0 Å². The largest absolute Gasteiger partial charge is 0.379 e. The van der Waals surface area contributed by atoms with Gasteiger partial charge in [0.1, 0.15) is 0 Å².